The van der Waals surface area contributed by atoms with Crippen molar-refractivity contribution in [2.45, 2.75) is 18.5 Å². The van der Waals surface area contributed by atoms with Gasteiger partial charge in [0.2, 0.25) is 5.91 Å². The molecule has 1 heterocycles. The number of hydrogen-bond donors (Lipinski definition) is 1. The van der Waals surface area contributed by atoms with Crippen molar-refractivity contribution in [3.8, 4) is 0 Å². The number of alkyl halides is 3. The van der Waals surface area contributed by atoms with E-state index in [4.69, 9.17) is 0 Å². The van der Waals surface area contributed by atoms with Crippen molar-refractivity contribution < 1.29 is 18.0 Å². The summed E-state index contributed by atoms with van der Waals surface area (Å²) in [6.07, 6.45) is -4.50. The van der Waals surface area contributed by atoms with Gasteiger partial charge in [-0.2, -0.15) is 13.2 Å². The molecule has 0 aromatic heterocycles. The van der Waals surface area contributed by atoms with Gasteiger partial charge in [0.1, 0.15) is 0 Å². The number of halogens is 4. The topological polar surface area (TPSA) is 29.1 Å². The van der Waals surface area contributed by atoms with E-state index in [1.807, 2.05) is 30.3 Å². The highest BCUT2D eigenvalue weighted by Crippen LogP contribution is 2.46. The molecule has 0 unspecified atom stereocenters. The van der Waals surface area contributed by atoms with Gasteiger partial charge in [-0.15, -0.1) is 0 Å². The summed E-state index contributed by atoms with van der Waals surface area (Å²) < 4.78 is 41.3. The number of nitrogens with one attached hydrogen (secondary N) is 1. The zero-order valence-corrected chi connectivity index (χ0v) is 15.0. The molecule has 1 N–H and O–H groups in total. The molecule has 0 spiro atoms. The van der Waals surface area contributed by atoms with Crippen LogP contribution in [0.3, 0.4) is 0 Å². The van der Waals surface area contributed by atoms with Crippen molar-refractivity contribution in [2.75, 3.05) is 5.32 Å². The van der Waals surface area contributed by atoms with E-state index in [1.54, 1.807) is 6.07 Å². The molecule has 4 rings (SSSR count). The van der Waals surface area contributed by atoms with Gasteiger partial charge in [-0.05, 0) is 28.6 Å². The van der Waals surface area contributed by atoms with Gasteiger partial charge in [-0.25, -0.2) is 0 Å². The monoisotopic (exact) mass is 419 g/mol. The largest absolute Gasteiger partial charge is 0.416 e. The van der Waals surface area contributed by atoms with Gasteiger partial charge in [0.25, 0.3) is 0 Å². The van der Waals surface area contributed by atoms with Gasteiger partial charge in [0.05, 0.1) is 11.3 Å². The average Bonchev–Trinajstić information content (AvgIpc) is 2.61. The molecular weight excluding hydrogens is 407 g/mol. The summed E-state index contributed by atoms with van der Waals surface area (Å²) in [5.41, 5.74) is 0.696. The van der Waals surface area contributed by atoms with Crippen LogP contribution in [-0.2, 0) is 11.0 Å². The van der Waals surface area contributed by atoms with Crippen LogP contribution in [0.4, 0.5) is 18.9 Å². The van der Waals surface area contributed by atoms with Crippen molar-refractivity contribution >= 4 is 38.3 Å². The summed E-state index contributed by atoms with van der Waals surface area (Å²) in [7, 11) is 0. The second-order valence-corrected chi connectivity index (χ2v) is 7.11. The molecule has 3 aromatic rings. The fourth-order valence-electron chi connectivity index (χ4n) is 3.59. The molecule has 0 saturated heterocycles. The lowest BCUT2D eigenvalue weighted by atomic mass is 9.81. The van der Waals surface area contributed by atoms with E-state index in [2.05, 4.69) is 21.2 Å². The zero-order chi connectivity index (χ0) is 18.5. The summed E-state index contributed by atoms with van der Waals surface area (Å²) in [6, 6.07) is 14.8. The van der Waals surface area contributed by atoms with Crippen LogP contribution in [0.15, 0.2) is 59.1 Å². The van der Waals surface area contributed by atoms with Crippen molar-refractivity contribution in [3.05, 3.63) is 75.8 Å². The summed E-state index contributed by atoms with van der Waals surface area (Å²) in [4.78, 5) is 12.3. The van der Waals surface area contributed by atoms with Gasteiger partial charge >= 0.3 is 6.18 Å². The third kappa shape index (κ3) is 2.78. The van der Waals surface area contributed by atoms with Crippen LogP contribution in [0.5, 0.6) is 0 Å². The zero-order valence-electron chi connectivity index (χ0n) is 13.4. The number of rotatable bonds is 1. The van der Waals surface area contributed by atoms with E-state index < -0.39 is 17.7 Å². The predicted octanol–water partition coefficient (Wildman–Crippen LogP) is 6.10. The molecule has 2 nitrogen and oxygen atoms in total. The molecule has 132 valence electrons. The van der Waals surface area contributed by atoms with Crippen molar-refractivity contribution in [1.82, 2.24) is 0 Å². The Bertz CT molecular complexity index is 1030. The Morgan fingerprint density at radius 2 is 1.62 bits per heavy atom. The summed E-state index contributed by atoms with van der Waals surface area (Å²) in [5, 5.41) is 4.55. The first-order chi connectivity index (χ1) is 12.4. The fourth-order valence-corrected chi connectivity index (χ4v) is 4.18. The van der Waals surface area contributed by atoms with Crippen LogP contribution in [0.25, 0.3) is 10.8 Å². The lowest BCUT2D eigenvalue weighted by Gasteiger charge is -2.29. The van der Waals surface area contributed by atoms with E-state index in [9.17, 15) is 18.0 Å². The molecule has 3 aromatic carbocycles. The standard InChI is InChI=1S/C20H13BrF3NO/c21-17-9-15-14(11-5-3-4-8-16(11)20(22,23)24)10-18(26)25-19(15)13-7-2-1-6-12(13)17/h1-9,14H,10H2,(H,25,26)/t14-/m1/s1. The Labute approximate surface area is 156 Å². The lowest BCUT2D eigenvalue weighted by Crippen LogP contribution is -2.25. The predicted molar refractivity (Wildman–Crippen MR) is 98.2 cm³/mol. The molecule has 0 aliphatic carbocycles. The normalized spacial score (nSPS) is 17.1. The highest BCUT2D eigenvalue weighted by atomic mass is 79.9. The van der Waals surface area contributed by atoms with Gasteiger partial charge in [-0.1, -0.05) is 58.4 Å². The van der Waals surface area contributed by atoms with Gasteiger partial charge in [-0.3, -0.25) is 4.79 Å². The third-order valence-corrected chi connectivity index (χ3v) is 5.35. The SMILES string of the molecule is O=C1C[C@H](c2ccccc2C(F)(F)F)c2cc(Br)c3ccccc3c2N1. The number of anilines is 1. The van der Waals surface area contributed by atoms with Gasteiger partial charge in [0, 0.05) is 22.2 Å². The Hall–Kier alpha value is -2.34. The van der Waals surface area contributed by atoms with Crippen molar-refractivity contribution in [2.24, 2.45) is 0 Å². The first-order valence-electron chi connectivity index (χ1n) is 8.03. The van der Waals surface area contributed by atoms with Gasteiger partial charge in [0.15, 0.2) is 0 Å². The highest BCUT2D eigenvalue weighted by Gasteiger charge is 2.38. The molecule has 1 amide bonds. The van der Waals surface area contributed by atoms with Crippen LogP contribution < -0.4 is 5.32 Å². The second-order valence-electron chi connectivity index (χ2n) is 6.26. The Kier molecular flexibility index (Phi) is 4.03. The Morgan fingerprint density at radius 3 is 2.35 bits per heavy atom. The number of benzene rings is 3. The van der Waals surface area contributed by atoms with Crippen LogP contribution in [0, 0.1) is 0 Å². The maximum atomic E-state index is 13.5. The minimum absolute atomic E-state index is 0.0229. The van der Waals surface area contributed by atoms with Crippen LogP contribution >= 0.6 is 15.9 Å². The van der Waals surface area contributed by atoms with Crippen LogP contribution in [-0.4, -0.2) is 5.91 Å². The highest BCUT2D eigenvalue weighted by molar-refractivity contribution is 9.10. The number of carbonyl (C=O) groups is 1. The summed E-state index contributed by atoms with van der Waals surface area (Å²) in [5.74, 6) is -0.940. The molecule has 0 saturated carbocycles. The van der Waals surface area contributed by atoms with Crippen molar-refractivity contribution in [3.63, 3.8) is 0 Å². The van der Waals surface area contributed by atoms with E-state index in [-0.39, 0.29) is 17.9 Å². The summed E-state index contributed by atoms with van der Waals surface area (Å²) >= 11 is 3.51. The number of amides is 1. The molecule has 0 radical (unpaired) electrons. The molecule has 6 heteroatoms. The fraction of sp³-hybridized carbons (Fsp3) is 0.150. The molecule has 1 aliphatic heterocycles. The molecule has 26 heavy (non-hydrogen) atoms. The number of fused-ring (bicyclic) bond motifs is 3. The van der Waals surface area contributed by atoms with Gasteiger partial charge < -0.3 is 5.32 Å². The smallest absolute Gasteiger partial charge is 0.325 e. The molecule has 1 aliphatic rings. The molecule has 1 atom stereocenters. The first kappa shape index (κ1) is 17.1. The Morgan fingerprint density at radius 1 is 0.962 bits per heavy atom. The average molecular weight is 420 g/mol. The van der Waals surface area contributed by atoms with E-state index in [1.165, 1.54) is 12.1 Å². The number of hydrogen-bond acceptors (Lipinski definition) is 1. The Balaban J connectivity index is 1.99. The third-order valence-electron chi connectivity index (χ3n) is 4.70. The van der Waals surface area contributed by atoms with Crippen LogP contribution in [0.2, 0.25) is 0 Å². The van der Waals surface area contributed by atoms with E-state index in [0.717, 1.165) is 21.3 Å². The van der Waals surface area contributed by atoms with Crippen LogP contribution in [0.1, 0.15) is 29.0 Å². The molecule has 0 fully saturated rings. The van der Waals surface area contributed by atoms with E-state index in [0.29, 0.717) is 11.3 Å². The molecule has 0 bridgehead atoms. The quantitative estimate of drug-likeness (QED) is 0.507. The maximum Gasteiger partial charge on any atom is 0.416 e. The minimum Gasteiger partial charge on any atom is -0.325 e. The molecular formula is C20H13BrF3NO. The summed E-state index contributed by atoms with van der Waals surface area (Å²) in [6.45, 7) is 0. The number of carbonyl (C=O) groups excluding carboxylic acids is 1. The van der Waals surface area contributed by atoms with E-state index >= 15 is 0 Å². The second kappa shape index (κ2) is 6.13. The van der Waals surface area contributed by atoms with Crippen molar-refractivity contribution in [1.29, 1.82) is 0 Å². The lowest BCUT2D eigenvalue weighted by molar-refractivity contribution is -0.138. The maximum absolute atomic E-state index is 13.5. The first-order valence-corrected chi connectivity index (χ1v) is 8.82. The minimum atomic E-state index is -4.47.